The molecule has 0 radical (unpaired) electrons. The van der Waals surface area contributed by atoms with Crippen molar-refractivity contribution in [1.29, 1.82) is 0 Å². The molecule has 0 saturated heterocycles. The molecule has 0 saturated carbocycles. The van der Waals surface area contributed by atoms with Gasteiger partial charge in [-0.1, -0.05) is 37.6 Å². The van der Waals surface area contributed by atoms with Crippen LogP contribution in [0.4, 0.5) is 0 Å². The minimum absolute atomic E-state index is 0.0759. The van der Waals surface area contributed by atoms with Gasteiger partial charge in [-0.2, -0.15) is 0 Å². The first-order chi connectivity index (χ1) is 9.20. The van der Waals surface area contributed by atoms with Crippen LogP contribution >= 0.6 is 0 Å². The highest BCUT2D eigenvalue weighted by Gasteiger charge is 2.07. The molecule has 2 rings (SSSR count). The first-order valence-corrected chi connectivity index (χ1v) is 6.55. The zero-order valence-corrected chi connectivity index (χ0v) is 11.1. The van der Waals surface area contributed by atoms with E-state index >= 15 is 0 Å². The van der Waals surface area contributed by atoms with Gasteiger partial charge in [0, 0.05) is 24.8 Å². The Morgan fingerprint density at radius 1 is 1.26 bits per heavy atom. The molecule has 1 atom stereocenters. The standard InChI is InChI=1S/C15H19N3O/c1-2-3-12-4-6-13(7-5-12)14(16)10-18-11-17-9-8-15(18)19/h4-9,11,14H,2-3,10,16H2,1H3. The Morgan fingerprint density at radius 2 is 2.00 bits per heavy atom. The molecule has 2 aromatic rings. The zero-order valence-electron chi connectivity index (χ0n) is 11.1. The summed E-state index contributed by atoms with van der Waals surface area (Å²) in [6.07, 6.45) is 5.23. The molecule has 0 aliphatic carbocycles. The molecule has 100 valence electrons. The van der Waals surface area contributed by atoms with Crippen LogP contribution in [0.3, 0.4) is 0 Å². The van der Waals surface area contributed by atoms with Gasteiger partial charge in [0.2, 0.25) is 0 Å². The quantitative estimate of drug-likeness (QED) is 0.889. The van der Waals surface area contributed by atoms with Crippen LogP contribution in [-0.2, 0) is 13.0 Å². The van der Waals surface area contributed by atoms with E-state index < -0.39 is 0 Å². The van der Waals surface area contributed by atoms with Gasteiger partial charge in [0.15, 0.2) is 0 Å². The minimum atomic E-state index is -0.197. The number of hydrogen-bond acceptors (Lipinski definition) is 3. The van der Waals surface area contributed by atoms with Gasteiger partial charge in [0.05, 0.1) is 6.33 Å². The summed E-state index contributed by atoms with van der Waals surface area (Å²) in [7, 11) is 0. The molecule has 4 nitrogen and oxygen atoms in total. The fourth-order valence-corrected chi connectivity index (χ4v) is 2.05. The van der Waals surface area contributed by atoms with Crippen LogP contribution in [0.25, 0.3) is 0 Å². The third kappa shape index (κ3) is 3.51. The van der Waals surface area contributed by atoms with Crippen LogP contribution in [-0.4, -0.2) is 9.55 Å². The summed E-state index contributed by atoms with van der Waals surface area (Å²) in [6, 6.07) is 9.53. The number of aryl methyl sites for hydroxylation is 1. The minimum Gasteiger partial charge on any atom is -0.322 e. The van der Waals surface area contributed by atoms with Crippen molar-refractivity contribution >= 4 is 0 Å². The number of benzene rings is 1. The Labute approximate surface area is 112 Å². The number of aromatic nitrogens is 2. The lowest BCUT2D eigenvalue weighted by Gasteiger charge is -2.14. The number of hydrogen-bond donors (Lipinski definition) is 1. The third-order valence-corrected chi connectivity index (χ3v) is 3.13. The summed E-state index contributed by atoms with van der Waals surface area (Å²) in [4.78, 5) is 15.5. The predicted molar refractivity (Wildman–Crippen MR) is 75.9 cm³/mol. The Balaban J connectivity index is 2.09. The summed E-state index contributed by atoms with van der Waals surface area (Å²) >= 11 is 0. The predicted octanol–water partition coefficient (Wildman–Crippen LogP) is 1.90. The second-order valence-corrected chi connectivity index (χ2v) is 4.67. The summed E-state index contributed by atoms with van der Waals surface area (Å²) in [6.45, 7) is 2.61. The Bertz CT molecular complexity index is 574. The van der Waals surface area contributed by atoms with E-state index in [0.29, 0.717) is 6.54 Å². The first-order valence-electron chi connectivity index (χ1n) is 6.55. The van der Waals surface area contributed by atoms with Crippen molar-refractivity contribution in [1.82, 2.24) is 9.55 Å². The summed E-state index contributed by atoms with van der Waals surface area (Å²) in [5.41, 5.74) is 8.41. The molecule has 2 N–H and O–H groups in total. The lowest BCUT2D eigenvalue weighted by atomic mass is 10.0. The monoisotopic (exact) mass is 257 g/mol. The SMILES string of the molecule is CCCc1ccc(C(N)Cn2cnccc2=O)cc1. The normalized spacial score (nSPS) is 12.3. The van der Waals surface area contributed by atoms with E-state index in [9.17, 15) is 4.79 Å². The molecule has 0 aliphatic heterocycles. The van der Waals surface area contributed by atoms with Gasteiger partial charge in [0.25, 0.3) is 5.56 Å². The van der Waals surface area contributed by atoms with Crippen molar-refractivity contribution in [2.45, 2.75) is 32.4 Å². The second-order valence-electron chi connectivity index (χ2n) is 4.67. The summed E-state index contributed by atoms with van der Waals surface area (Å²) in [5, 5.41) is 0. The highest BCUT2D eigenvalue weighted by molar-refractivity contribution is 5.24. The van der Waals surface area contributed by atoms with Crippen molar-refractivity contribution in [2.75, 3.05) is 0 Å². The Morgan fingerprint density at radius 3 is 2.63 bits per heavy atom. The van der Waals surface area contributed by atoms with Crippen LogP contribution in [0, 0.1) is 0 Å². The maximum absolute atomic E-state index is 11.6. The van der Waals surface area contributed by atoms with Crippen molar-refractivity contribution in [2.24, 2.45) is 5.73 Å². The van der Waals surface area contributed by atoms with E-state index in [1.165, 1.54) is 28.7 Å². The van der Waals surface area contributed by atoms with Crippen molar-refractivity contribution in [3.8, 4) is 0 Å². The van der Waals surface area contributed by atoms with Gasteiger partial charge >= 0.3 is 0 Å². The van der Waals surface area contributed by atoms with Gasteiger partial charge in [-0.3, -0.25) is 9.36 Å². The number of nitrogens with two attached hydrogens (primary N) is 1. The first kappa shape index (κ1) is 13.5. The molecule has 0 spiro atoms. The van der Waals surface area contributed by atoms with E-state index in [4.69, 9.17) is 5.73 Å². The molecular weight excluding hydrogens is 238 g/mol. The summed E-state index contributed by atoms with van der Waals surface area (Å²) < 4.78 is 1.53. The molecule has 19 heavy (non-hydrogen) atoms. The third-order valence-electron chi connectivity index (χ3n) is 3.13. The molecular formula is C15H19N3O. The molecule has 1 aromatic heterocycles. The summed E-state index contributed by atoms with van der Waals surface area (Å²) in [5.74, 6) is 0. The van der Waals surface area contributed by atoms with Gasteiger partial charge < -0.3 is 5.73 Å². The van der Waals surface area contributed by atoms with Crippen molar-refractivity contribution < 1.29 is 0 Å². The Hall–Kier alpha value is -1.94. The molecule has 0 aliphatic rings. The van der Waals surface area contributed by atoms with Crippen LogP contribution in [0.15, 0.2) is 47.7 Å². The second kappa shape index (κ2) is 6.29. The topological polar surface area (TPSA) is 60.9 Å². The lowest BCUT2D eigenvalue weighted by Crippen LogP contribution is -2.26. The number of rotatable bonds is 5. The van der Waals surface area contributed by atoms with Crippen molar-refractivity contribution in [3.05, 3.63) is 64.3 Å². The molecule has 1 heterocycles. The van der Waals surface area contributed by atoms with E-state index in [1.54, 1.807) is 0 Å². The number of nitrogens with zero attached hydrogens (tertiary/aromatic N) is 2. The molecule has 0 bridgehead atoms. The van der Waals surface area contributed by atoms with Crippen LogP contribution in [0.5, 0.6) is 0 Å². The van der Waals surface area contributed by atoms with E-state index in [1.807, 2.05) is 12.1 Å². The maximum Gasteiger partial charge on any atom is 0.253 e. The maximum atomic E-state index is 11.6. The lowest BCUT2D eigenvalue weighted by molar-refractivity contribution is 0.554. The smallest absolute Gasteiger partial charge is 0.253 e. The fourth-order valence-electron chi connectivity index (χ4n) is 2.05. The van der Waals surface area contributed by atoms with E-state index in [-0.39, 0.29) is 11.6 Å². The Kier molecular flexibility index (Phi) is 4.47. The fraction of sp³-hybridized carbons (Fsp3) is 0.333. The molecule has 0 fully saturated rings. The van der Waals surface area contributed by atoms with Crippen LogP contribution in [0.2, 0.25) is 0 Å². The molecule has 0 amide bonds. The van der Waals surface area contributed by atoms with Gasteiger partial charge in [-0.05, 0) is 17.5 Å². The van der Waals surface area contributed by atoms with Gasteiger partial charge in [-0.15, -0.1) is 0 Å². The highest BCUT2D eigenvalue weighted by Crippen LogP contribution is 2.13. The van der Waals surface area contributed by atoms with Crippen molar-refractivity contribution in [3.63, 3.8) is 0 Å². The van der Waals surface area contributed by atoms with Crippen LogP contribution < -0.4 is 11.3 Å². The van der Waals surface area contributed by atoms with E-state index in [2.05, 4.69) is 24.0 Å². The molecule has 1 aromatic carbocycles. The average molecular weight is 257 g/mol. The van der Waals surface area contributed by atoms with Gasteiger partial charge in [-0.25, -0.2) is 4.98 Å². The van der Waals surface area contributed by atoms with Crippen LogP contribution in [0.1, 0.15) is 30.5 Å². The highest BCUT2D eigenvalue weighted by atomic mass is 16.1. The van der Waals surface area contributed by atoms with E-state index in [0.717, 1.165) is 18.4 Å². The molecule has 4 heteroatoms. The average Bonchev–Trinajstić information content (AvgIpc) is 2.42. The largest absolute Gasteiger partial charge is 0.322 e. The molecule has 1 unspecified atom stereocenters. The zero-order chi connectivity index (χ0) is 13.7. The van der Waals surface area contributed by atoms with Gasteiger partial charge in [0.1, 0.15) is 0 Å².